The zero-order valence-corrected chi connectivity index (χ0v) is 17.5. The summed E-state index contributed by atoms with van der Waals surface area (Å²) in [6, 6.07) is 4.08. The van der Waals surface area contributed by atoms with Crippen molar-refractivity contribution in [1.82, 2.24) is 0 Å². The standard InChI is InChI=1S/C21H21F4O4P/c1-4-13-10-11-19(17(26)28-6-3,14-8-7-9-15(22)12-14)20(16(13)5-2,18(27)29-30)21(23,24)25/h6-12H,3-5,30H2,1-2H3. The van der Waals surface area contributed by atoms with Crippen molar-refractivity contribution in [2.24, 2.45) is 5.41 Å². The van der Waals surface area contributed by atoms with Crippen LogP contribution in [-0.4, -0.2) is 18.1 Å². The average Bonchev–Trinajstić information content (AvgIpc) is 2.70. The van der Waals surface area contributed by atoms with E-state index in [0.29, 0.717) is 6.26 Å². The van der Waals surface area contributed by atoms with Gasteiger partial charge in [-0.15, -0.1) is 0 Å². The van der Waals surface area contributed by atoms with E-state index in [4.69, 9.17) is 4.74 Å². The molecule has 9 heteroatoms. The number of esters is 1. The maximum atomic E-state index is 15.0. The number of benzene rings is 1. The van der Waals surface area contributed by atoms with E-state index < -0.39 is 40.3 Å². The van der Waals surface area contributed by atoms with E-state index in [2.05, 4.69) is 11.1 Å². The van der Waals surface area contributed by atoms with Crippen LogP contribution in [0.25, 0.3) is 0 Å². The van der Waals surface area contributed by atoms with Gasteiger partial charge in [0.15, 0.2) is 0 Å². The summed E-state index contributed by atoms with van der Waals surface area (Å²) in [4.78, 5) is 26.2. The van der Waals surface area contributed by atoms with Crippen LogP contribution in [0, 0.1) is 11.2 Å². The van der Waals surface area contributed by atoms with Crippen molar-refractivity contribution in [3.63, 3.8) is 0 Å². The Labute approximate surface area is 173 Å². The van der Waals surface area contributed by atoms with Crippen LogP contribution in [0.4, 0.5) is 17.6 Å². The summed E-state index contributed by atoms with van der Waals surface area (Å²) in [6.45, 7) is 6.29. The van der Waals surface area contributed by atoms with Gasteiger partial charge in [-0.25, -0.2) is 4.39 Å². The van der Waals surface area contributed by atoms with Crippen molar-refractivity contribution >= 4 is 21.4 Å². The highest BCUT2D eigenvalue weighted by molar-refractivity contribution is 7.10. The molecule has 0 aliphatic heterocycles. The quantitative estimate of drug-likeness (QED) is 0.258. The summed E-state index contributed by atoms with van der Waals surface area (Å²) in [7, 11) is 1.50. The van der Waals surface area contributed by atoms with Gasteiger partial charge in [0.25, 0.3) is 0 Å². The van der Waals surface area contributed by atoms with E-state index in [1.165, 1.54) is 22.5 Å². The molecule has 3 atom stereocenters. The number of ether oxygens (including phenoxy) is 1. The highest BCUT2D eigenvalue weighted by atomic mass is 31.0. The monoisotopic (exact) mass is 444 g/mol. The highest BCUT2D eigenvalue weighted by Gasteiger charge is 2.77. The van der Waals surface area contributed by atoms with Gasteiger partial charge in [-0.05, 0) is 41.7 Å². The van der Waals surface area contributed by atoms with Gasteiger partial charge < -0.3 is 9.26 Å². The predicted octanol–water partition coefficient (Wildman–Crippen LogP) is 5.32. The molecule has 1 aromatic rings. The van der Waals surface area contributed by atoms with Crippen molar-refractivity contribution in [1.29, 1.82) is 0 Å². The molecule has 162 valence electrons. The Morgan fingerprint density at radius 2 is 1.87 bits per heavy atom. The smallest absolute Gasteiger partial charge is 0.410 e. The number of rotatable bonds is 6. The molecule has 2 rings (SSSR count). The molecule has 0 heterocycles. The second kappa shape index (κ2) is 8.72. The van der Waals surface area contributed by atoms with Gasteiger partial charge in [0.1, 0.15) is 11.2 Å². The number of carbonyl (C=O) groups excluding carboxylic acids is 2. The third-order valence-corrected chi connectivity index (χ3v) is 5.55. The van der Waals surface area contributed by atoms with E-state index in [9.17, 15) is 27.2 Å². The lowest BCUT2D eigenvalue weighted by Gasteiger charge is -2.49. The lowest BCUT2D eigenvalue weighted by atomic mass is 9.52. The van der Waals surface area contributed by atoms with Crippen molar-refractivity contribution < 1.29 is 36.4 Å². The summed E-state index contributed by atoms with van der Waals surface area (Å²) >= 11 is 0. The number of hydrogen-bond donors (Lipinski definition) is 0. The van der Waals surface area contributed by atoms with Gasteiger partial charge in [-0.1, -0.05) is 44.7 Å². The summed E-state index contributed by atoms with van der Waals surface area (Å²) in [5, 5.41) is 0. The molecule has 1 aromatic carbocycles. The molecule has 0 bridgehead atoms. The summed E-state index contributed by atoms with van der Waals surface area (Å²) < 4.78 is 68.3. The molecular formula is C21H21F4O4P. The van der Waals surface area contributed by atoms with Crippen molar-refractivity contribution in [2.75, 3.05) is 0 Å². The van der Waals surface area contributed by atoms with Gasteiger partial charge in [-0.3, -0.25) is 9.59 Å². The zero-order chi connectivity index (χ0) is 22.7. The zero-order valence-electron chi connectivity index (χ0n) is 16.4. The van der Waals surface area contributed by atoms with Gasteiger partial charge in [0.05, 0.1) is 15.7 Å². The minimum Gasteiger partial charge on any atom is -0.451 e. The fourth-order valence-electron chi connectivity index (χ4n) is 4.19. The first-order valence-electron chi connectivity index (χ1n) is 9.06. The lowest BCUT2D eigenvalue weighted by molar-refractivity contribution is -0.236. The van der Waals surface area contributed by atoms with Crippen LogP contribution >= 0.6 is 9.47 Å². The van der Waals surface area contributed by atoms with Crippen molar-refractivity contribution in [3.05, 3.63) is 71.8 Å². The van der Waals surface area contributed by atoms with Crippen molar-refractivity contribution in [2.45, 2.75) is 38.3 Å². The number of allylic oxidation sites excluding steroid dienone is 2. The third-order valence-electron chi connectivity index (χ3n) is 5.33. The lowest BCUT2D eigenvalue weighted by Crippen LogP contribution is -2.64. The van der Waals surface area contributed by atoms with Gasteiger partial charge in [0, 0.05) is 0 Å². The molecule has 0 amide bonds. The fraction of sp³-hybridized carbons (Fsp3) is 0.333. The van der Waals surface area contributed by atoms with E-state index in [-0.39, 0.29) is 24.0 Å². The molecule has 0 fully saturated rings. The Kier molecular flexibility index (Phi) is 6.92. The van der Waals surface area contributed by atoms with Crippen LogP contribution in [0.1, 0.15) is 32.3 Å². The van der Waals surface area contributed by atoms with Gasteiger partial charge >= 0.3 is 18.1 Å². The Morgan fingerprint density at radius 1 is 1.20 bits per heavy atom. The van der Waals surface area contributed by atoms with Crippen LogP contribution < -0.4 is 0 Å². The van der Waals surface area contributed by atoms with E-state index >= 15 is 0 Å². The molecule has 0 spiro atoms. The fourth-order valence-corrected chi connectivity index (χ4v) is 4.37. The SMILES string of the molecule is C=COC(=O)C1(c2cccc(F)c2)C=CC(CC)=C(CC)C1(C(=O)OP)C(F)(F)F. The first-order valence-corrected chi connectivity index (χ1v) is 9.53. The van der Waals surface area contributed by atoms with E-state index in [0.717, 1.165) is 30.3 Å². The Morgan fingerprint density at radius 3 is 2.33 bits per heavy atom. The molecule has 1 aliphatic carbocycles. The summed E-state index contributed by atoms with van der Waals surface area (Å²) in [5.74, 6) is -4.05. The Bertz CT molecular complexity index is 922. The summed E-state index contributed by atoms with van der Waals surface area (Å²) in [5.41, 5.74) is -6.79. The van der Waals surface area contributed by atoms with Gasteiger partial charge in [-0.2, -0.15) is 13.2 Å². The third kappa shape index (κ3) is 3.27. The minimum absolute atomic E-state index is 0.164. The second-order valence-corrected chi connectivity index (χ2v) is 6.82. The maximum Gasteiger partial charge on any atom is 0.410 e. The first kappa shape index (κ1) is 23.8. The van der Waals surface area contributed by atoms with Gasteiger partial charge in [0.2, 0.25) is 5.41 Å². The predicted molar refractivity (Wildman–Crippen MR) is 105 cm³/mol. The van der Waals surface area contributed by atoms with Crippen LogP contribution in [0.15, 0.2) is 60.4 Å². The molecule has 3 unspecified atom stereocenters. The second-order valence-electron chi connectivity index (χ2n) is 6.59. The number of hydrogen-bond acceptors (Lipinski definition) is 4. The maximum absolute atomic E-state index is 15.0. The largest absolute Gasteiger partial charge is 0.451 e. The molecule has 4 nitrogen and oxygen atoms in total. The molecule has 0 saturated carbocycles. The highest BCUT2D eigenvalue weighted by Crippen LogP contribution is 2.62. The van der Waals surface area contributed by atoms with Crippen LogP contribution in [0.3, 0.4) is 0 Å². The Balaban J connectivity index is 3.17. The molecule has 1 aliphatic rings. The normalized spacial score (nSPS) is 23.8. The van der Waals surface area contributed by atoms with Crippen LogP contribution in [-0.2, 0) is 24.3 Å². The molecule has 30 heavy (non-hydrogen) atoms. The number of halogens is 4. The molecule has 0 radical (unpaired) electrons. The molecule has 0 N–H and O–H groups in total. The first-order chi connectivity index (χ1) is 14.1. The van der Waals surface area contributed by atoms with Crippen molar-refractivity contribution in [3.8, 4) is 0 Å². The minimum atomic E-state index is -5.30. The number of carbonyl (C=O) groups is 2. The van der Waals surface area contributed by atoms with E-state index in [1.54, 1.807) is 6.92 Å². The molecular weight excluding hydrogens is 423 g/mol. The topological polar surface area (TPSA) is 52.6 Å². The molecule has 0 saturated heterocycles. The summed E-state index contributed by atoms with van der Waals surface area (Å²) in [6.07, 6.45) is -2.41. The van der Waals surface area contributed by atoms with Crippen LogP contribution in [0.5, 0.6) is 0 Å². The van der Waals surface area contributed by atoms with E-state index in [1.807, 2.05) is 0 Å². The number of alkyl halides is 3. The average molecular weight is 444 g/mol. The Hall–Kier alpha value is -2.47. The molecule has 0 aromatic heterocycles. The van der Waals surface area contributed by atoms with Crippen LogP contribution in [0.2, 0.25) is 0 Å².